The second-order valence-corrected chi connectivity index (χ2v) is 5.54. The minimum atomic E-state index is -0.437. The van der Waals surface area contributed by atoms with Crippen molar-refractivity contribution < 1.29 is 9.50 Å². The topological polar surface area (TPSA) is 20.2 Å². The summed E-state index contributed by atoms with van der Waals surface area (Å²) in [5.41, 5.74) is 3.16. The standard InChI is InChI=1S/C15H12BrFO/c16-10-3-6-12-13(8-15(18)14(12)7-10)9-1-4-11(17)5-2-9/h1-7,13,15,18H,8H2/t13-,15-/m0/s1. The zero-order valence-electron chi connectivity index (χ0n) is 9.61. The average molecular weight is 307 g/mol. The van der Waals surface area contributed by atoms with Crippen LogP contribution in [0.2, 0.25) is 0 Å². The van der Waals surface area contributed by atoms with Gasteiger partial charge in [-0.15, -0.1) is 0 Å². The molecule has 0 aromatic heterocycles. The van der Waals surface area contributed by atoms with Crippen LogP contribution in [0, 0.1) is 5.82 Å². The first-order chi connectivity index (χ1) is 8.65. The Bertz CT molecular complexity index is 580. The molecule has 3 rings (SSSR count). The maximum atomic E-state index is 12.9. The summed E-state index contributed by atoms with van der Waals surface area (Å²) in [4.78, 5) is 0. The van der Waals surface area contributed by atoms with Gasteiger partial charge in [-0.1, -0.05) is 34.1 Å². The molecule has 0 saturated carbocycles. The van der Waals surface area contributed by atoms with Crippen molar-refractivity contribution in [3.05, 3.63) is 69.4 Å². The summed E-state index contributed by atoms with van der Waals surface area (Å²) in [5.74, 6) is -0.0722. The lowest BCUT2D eigenvalue weighted by molar-refractivity contribution is 0.176. The molecule has 0 saturated heterocycles. The van der Waals surface area contributed by atoms with Crippen LogP contribution in [0.3, 0.4) is 0 Å². The molecule has 92 valence electrons. The molecule has 2 aromatic rings. The van der Waals surface area contributed by atoms with Crippen LogP contribution in [0.1, 0.15) is 35.1 Å². The van der Waals surface area contributed by atoms with Gasteiger partial charge in [0.1, 0.15) is 5.82 Å². The van der Waals surface area contributed by atoms with Crippen molar-refractivity contribution in [3.63, 3.8) is 0 Å². The highest BCUT2D eigenvalue weighted by Gasteiger charge is 2.30. The first kappa shape index (κ1) is 11.9. The maximum Gasteiger partial charge on any atom is 0.123 e. The first-order valence-electron chi connectivity index (χ1n) is 5.88. The Labute approximate surface area is 113 Å². The van der Waals surface area contributed by atoms with E-state index in [0.29, 0.717) is 6.42 Å². The van der Waals surface area contributed by atoms with Gasteiger partial charge in [0.05, 0.1) is 6.10 Å². The molecule has 1 aliphatic rings. The summed E-state index contributed by atoms with van der Waals surface area (Å²) in [6, 6.07) is 12.5. The Morgan fingerprint density at radius 3 is 2.50 bits per heavy atom. The smallest absolute Gasteiger partial charge is 0.123 e. The fourth-order valence-corrected chi connectivity index (χ4v) is 3.02. The molecule has 2 aromatic carbocycles. The Balaban J connectivity index is 2.05. The van der Waals surface area contributed by atoms with E-state index in [-0.39, 0.29) is 11.7 Å². The van der Waals surface area contributed by atoms with Crippen LogP contribution < -0.4 is 0 Å². The summed E-state index contributed by atoms with van der Waals surface area (Å²) in [7, 11) is 0. The summed E-state index contributed by atoms with van der Waals surface area (Å²) >= 11 is 3.42. The molecule has 0 unspecified atom stereocenters. The molecular weight excluding hydrogens is 295 g/mol. The van der Waals surface area contributed by atoms with E-state index in [2.05, 4.69) is 15.9 Å². The third-order valence-corrected chi connectivity index (χ3v) is 4.01. The number of aliphatic hydroxyl groups is 1. The number of hydrogen-bond acceptors (Lipinski definition) is 1. The molecule has 0 heterocycles. The van der Waals surface area contributed by atoms with Gasteiger partial charge in [0.15, 0.2) is 0 Å². The molecule has 0 bridgehead atoms. The molecule has 1 N–H and O–H groups in total. The lowest BCUT2D eigenvalue weighted by Crippen LogP contribution is -1.96. The summed E-state index contributed by atoms with van der Waals surface area (Å²) < 4.78 is 13.9. The van der Waals surface area contributed by atoms with Gasteiger partial charge in [0, 0.05) is 10.4 Å². The van der Waals surface area contributed by atoms with Gasteiger partial charge in [0.2, 0.25) is 0 Å². The van der Waals surface area contributed by atoms with Crippen molar-refractivity contribution in [1.29, 1.82) is 0 Å². The van der Waals surface area contributed by atoms with Crippen LogP contribution in [0.4, 0.5) is 4.39 Å². The van der Waals surface area contributed by atoms with Gasteiger partial charge in [0.25, 0.3) is 0 Å². The Morgan fingerprint density at radius 2 is 1.78 bits per heavy atom. The zero-order valence-corrected chi connectivity index (χ0v) is 11.2. The van der Waals surface area contributed by atoms with E-state index in [1.807, 2.05) is 18.2 Å². The van der Waals surface area contributed by atoms with Gasteiger partial charge < -0.3 is 5.11 Å². The number of rotatable bonds is 1. The number of benzene rings is 2. The SMILES string of the molecule is O[C@H]1C[C@@H](c2ccc(F)cc2)c2ccc(Br)cc21. The number of hydrogen-bond donors (Lipinski definition) is 1. The van der Waals surface area contributed by atoms with E-state index in [1.54, 1.807) is 12.1 Å². The molecule has 1 aliphatic carbocycles. The third-order valence-electron chi connectivity index (χ3n) is 3.51. The van der Waals surface area contributed by atoms with Crippen LogP contribution in [-0.4, -0.2) is 5.11 Å². The normalized spacial score (nSPS) is 21.9. The Kier molecular flexibility index (Phi) is 2.96. The van der Waals surface area contributed by atoms with Gasteiger partial charge >= 0.3 is 0 Å². The van der Waals surface area contributed by atoms with Gasteiger partial charge in [-0.05, 0) is 47.4 Å². The molecule has 2 atom stereocenters. The van der Waals surface area contributed by atoms with E-state index in [4.69, 9.17) is 0 Å². The van der Waals surface area contributed by atoms with Crippen molar-refractivity contribution in [2.75, 3.05) is 0 Å². The maximum absolute atomic E-state index is 12.9. The van der Waals surface area contributed by atoms with Gasteiger partial charge in [-0.25, -0.2) is 4.39 Å². The highest BCUT2D eigenvalue weighted by atomic mass is 79.9. The van der Waals surface area contributed by atoms with Gasteiger partial charge in [-0.2, -0.15) is 0 Å². The fourth-order valence-electron chi connectivity index (χ4n) is 2.64. The lowest BCUT2D eigenvalue weighted by atomic mass is 9.93. The summed E-state index contributed by atoms with van der Waals surface area (Å²) in [5, 5.41) is 10.1. The average Bonchev–Trinajstić information content (AvgIpc) is 2.68. The second-order valence-electron chi connectivity index (χ2n) is 4.63. The van der Waals surface area contributed by atoms with Crippen LogP contribution in [0.5, 0.6) is 0 Å². The number of fused-ring (bicyclic) bond motifs is 1. The van der Waals surface area contributed by atoms with Crippen molar-refractivity contribution in [2.24, 2.45) is 0 Å². The Hall–Kier alpha value is -1.19. The Morgan fingerprint density at radius 1 is 1.06 bits per heavy atom. The third kappa shape index (κ3) is 1.98. The van der Waals surface area contributed by atoms with E-state index >= 15 is 0 Å². The molecule has 1 nitrogen and oxygen atoms in total. The minimum Gasteiger partial charge on any atom is -0.388 e. The fraction of sp³-hybridized carbons (Fsp3) is 0.200. The lowest BCUT2D eigenvalue weighted by Gasteiger charge is -2.11. The number of halogens is 2. The molecule has 0 aliphatic heterocycles. The first-order valence-corrected chi connectivity index (χ1v) is 6.67. The van der Waals surface area contributed by atoms with Gasteiger partial charge in [-0.3, -0.25) is 0 Å². The van der Waals surface area contributed by atoms with E-state index in [1.165, 1.54) is 12.1 Å². The quantitative estimate of drug-likeness (QED) is 0.839. The summed E-state index contributed by atoms with van der Waals surface area (Å²) in [6.45, 7) is 0. The second kappa shape index (κ2) is 4.48. The molecule has 0 fully saturated rings. The number of aliphatic hydroxyl groups excluding tert-OH is 1. The van der Waals surface area contributed by atoms with E-state index < -0.39 is 6.10 Å². The van der Waals surface area contributed by atoms with E-state index in [9.17, 15) is 9.50 Å². The van der Waals surface area contributed by atoms with Crippen LogP contribution in [0.25, 0.3) is 0 Å². The molecule has 0 radical (unpaired) electrons. The van der Waals surface area contributed by atoms with Crippen LogP contribution >= 0.6 is 15.9 Å². The monoisotopic (exact) mass is 306 g/mol. The van der Waals surface area contributed by atoms with Crippen LogP contribution in [0.15, 0.2) is 46.9 Å². The molecule has 0 spiro atoms. The molecule has 0 amide bonds. The van der Waals surface area contributed by atoms with Crippen LogP contribution in [-0.2, 0) is 0 Å². The molecular formula is C15H12BrFO. The highest BCUT2D eigenvalue weighted by Crippen LogP contribution is 2.44. The van der Waals surface area contributed by atoms with Crippen molar-refractivity contribution >= 4 is 15.9 Å². The van der Waals surface area contributed by atoms with Crippen molar-refractivity contribution in [3.8, 4) is 0 Å². The largest absolute Gasteiger partial charge is 0.388 e. The van der Waals surface area contributed by atoms with Crippen molar-refractivity contribution in [1.82, 2.24) is 0 Å². The van der Waals surface area contributed by atoms with Crippen molar-refractivity contribution in [2.45, 2.75) is 18.4 Å². The highest BCUT2D eigenvalue weighted by molar-refractivity contribution is 9.10. The predicted molar refractivity (Wildman–Crippen MR) is 72.0 cm³/mol. The molecule has 3 heteroatoms. The zero-order chi connectivity index (χ0) is 12.7. The van der Waals surface area contributed by atoms with E-state index in [0.717, 1.165) is 21.2 Å². The summed E-state index contributed by atoms with van der Waals surface area (Å²) in [6.07, 6.45) is 0.227. The minimum absolute atomic E-state index is 0.156. The predicted octanol–water partition coefficient (Wildman–Crippen LogP) is 4.16. The molecule has 18 heavy (non-hydrogen) atoms.